The van der Waals surface area contributed by atoms with Crippen molar-refractivity contribution in [1.29, 1.82) is 0 Å². The number of amides is 4. The van der Waals surface area contributed by atoms with Gasteiger partial charge in [-0.2, -0.15) is 0 Å². The maximum atomic E-state index is 13.1. The molecule has 9 heteroatoms. The number of ether oxygens (including phenoxy) is 1. The number of anilines is 1. The molecule has 0 spiro atoms. The first-order valence-electron chi connectivity index (χ1n) is 10.6. The Hall–Kier alpha value is -3.00. The minimum Gasteiger partial charge on any atom is -0.495 e. The van der Waals surface area contributed by atoms with Gasteiger partial charge in [-0.05, 0) is 48.7 Å². The third-order valence-corrected chi connectivity index (χ3v) is 6.24. The highest BCUT2D eigenvalue weighted by molar-refractivity contribution is 6.31. The number of hydrogen-bond acceptors (Lipinski definition) is 3. The van der Waals surface area contributed by atoms with Gasteiger partial charge < -0.3 is 24.8 Å². The van der Waals surface area contributed by atoms with Gasteiger partial charge in [-0.15, -0.1) is 0 Å². The normalized spacial score (nSPS) is 17.1. The molecule has 0 saturated carbocycles. The molecular weight excluding hydrogens is 435 g/mol. The van der Waals surface area contributed by atoms with Crippen molar-refractivity contribution in [3.63, 3.8) is 0 Å². The minimum atomic E-state index is -0.285. The average Bonchev–Trinajstić information content (AvgIpc) is 3.15. The van der Waals surface area contributed by atoms with Gasteiger partial charge in [0.2, 0.25) is 0 Å². The first-order valence-corrected chi connectivity index (χ1v) is 11.0. The molecule has 2 aliphatic rings. The number of nitrogens with zero attached hydrogens (tertiary/aromatic N) is 3. The third kappa shape index (κ3) is 4.91. The van der Waals surface area contributed by atoms with Crippen LogP contribution in [0.5, 0.6) is 5.75 Å². The zero-order valence-electron chi connectivity index (χ0n) is 17.9. The summed E-state index contributed by atoms with van der Waals surface area (Å²) in [5.74, 6) is 0.259. The third-order valence-electron chi connectivity index (χ3n) is 6.01. The van der Waals surface area contributed by atoms with Crippen molar-refractivity contribution in [2.24, 2.45) is 0 Å². The molecule has 2 aliphatic heterocycles. The number of nitrogens with one attached hydrogen (secondary N) is 1. The van der Waals surface area contributed by atoms with E-state index in [0.717, 1.165) is 18.4 Å². The highest BCUT2D eigenvalue weighted by atomic mass is 35.5. The lowest BCUT2D eigenvalue weighted by Gasteiger charge is -2.36. The maximum Gasteiger partial charge on any atom is 0.321 e. The summed E-state index contributed by atoms with van der Waals surface area (Å²) in [4.78, 5) is 31.0. The van der Waals surface area contributed by atoms with Gasteiger partial charge in [-0.25, -0.2) is 14.0 Å². The first kappa shape index (κ1) is 22.2. The van der Waals surface area contributed by atoms with Gasteiger partial charge in [-0.1, -0.05) is 23.7 Å². The Morgan fingerprint density at radius 1 is 1.12 bits per heavy atom. The number of hydrogen-bond donors (Lipinski definition) is 1. The molecule has 2 saturated heterocycles. The molecule has 32 heavy (non-hydrogen) atoms. The van der Waals surface area contributed by atoms with Crippen molar-refractivity contribution < 1.29 is 18.7 Å². The molecule has 1 N–H and O–H groups in total. The van der Waals surface area contributed by atoms with E-state index in [9.17, 15) is 14.0 Å². The zero-order chi connectivity index (χ0) is 22.7. The summed E-state index contributed by atoms with van der Waals surface area (Å²) < 4.78 is 18.4. The molecule has 0 bridgehead atoms. The number of piperidine rings is 1. The van der Waals surface area contributed by atoms with Crippen LogP contribution in [0.15, 0.2) is 42.5 Å². The molecule has 0 aromatic heterocycles. The van der Waals surface area contributed by atoms with E-state index in [0.29, 0.717) is 49.2 Å². The summed E-state index contributed by atoms with van der Waals surface area (Å²) in [7, 11) is 1.54. The van der Waals surface area contributed by atoms with Crippen LogP contribution in [-0.4, -0.2) is 66.1 Å². The van der Waals surface area contributed by atoms with E-state index < -0.39 is 0 Å². The van der Waals surface area contributed by atoms with Crippen LogP contribution < -0.4 is 10.1 Å². The number of likely N-dealkylation sites (tertiary alicyclic amines) is 1. The lowest BCUT2D eigenvalue weighted by Crippen LogP contribution is -2.49. The fourth-order valence-electron chi connectivity index (χ4n) is 4.25. The Balaban J connectivity index is 1.30. The van der Waals surface area contributed by atoms with Gasteiger partial charge in [0, 0.05) is 43.8 Å². The monoisotopic (exact) mass is 460 g/mol. The van der Waals surface area contributed by atoms with Gasteiger partial charge >= 0.3 is 12.1 Å². The summed E-state index contributed by atoms with van der Waals surface area (Å²) in [5, 5.41) is 3.38. The summed E-state index contributed by atoms with van der Waals surface area (Å²) in [5.41, 5.74) is 1.43. The van der Waals surface area contributed by atoms with Gasteiger partial charge in [0.25, 0.3) is 0 Å². The SMILES string of the molecule is COc1ccc(Cl)cc1NC(=O)N1CCC(N2CCN(Cc3ccc(F)cc3)C2=O)CC1. The largest absolute Gasteiger partial charge is 0.495 e. The smallest absolute Gasteiger partial charge is 0.321 e. The second-order valence-corrected chi connectivity index (χ2v) is 8.45. The van der Waals surface area contributed by atoms with Crippen LogP contribution >= 0.6 is 11.6 Å². The number of halogens is 2. The summed E-state index contributed by atoms with van der Waals surface area (Å²) in [6.07, 6.45) is 1.44. The van der Waals surface area contributed by atoms with Gasteiger partial charge in [0.05, 0.1) is 12.8 Å². The molecule has 2 fully saturated rings. The van der Waals surface area contributed by atoms with E-state index in [1.165, 1.54) is 19.2 Å². The Morgan fingerprint density at radius 3 is 2.53 bits per heavy atom. The number of methoxy groups -OCH3 is 1. The fraction of sp³-hybridized carbons (Fsp3) is 0.391. The van der Waals surface area contributed by atoms with Gasteiger partial charge in [-0.3, -0.25) is 0 Å². The Morgan fingerprint density at radius 2 is 1.84 bits per heavy atom. The number of carbonyl (C=O) groups is 2. The molecule has 7 nitrogen and oxygen atoms in total. The quantitative estimate of drug-likeness (QED) is 0.718. The molecule has 4 rings (SSSR count). The molecule has 0 aliphatic carbocycles. The first-order chi connectivity index (χ1) is 15.4. The van der Waals surface area contributed by atoms with E-state index in [1.54, 1.807) is 40.1 Å². The molecule has 0 atom stereocenters. The lowest BCUT2D eigenvalue weighted by atomic mass is 10.0. The minimum absolute atomic E-state index is 0.000824. The topological polar surface area (TPSA) is 65.1 Å². The second-order valence-electron chi connectivity index (χ2n) is 8.02. The van der Waals surface area contributed by atoms with Crippen molar-refractivity contribution in [1.82, 2.24) is 14.7 Å². The van der Waals surface area contributed by atoms with Crippen LogP contribution in [0, 0.1) is 5.82 Å². The zero-order valence-corrected chi connectivity index (χ0v) is 18.6. The van der Waals surface area contributed by atoms with E-state index >= 15 is 0 Å². The van der Waals surface area contributed by atoms with E-state index in [4.69, 9.17) is 16.3 Å². The molecule has 2 heterocycles. The highest BCUT2D eigenvalue weighted by Gasteiger charge is 2.36. The number of urea groups is 2. The van der Waals surface area contributed by atoms with Crippen LogP contribution in [-0.2, 0) is 6.54 Å². The van der Waals surface area contributed by atoms with Crippen molar-refractivity contribution >= 4 is 29.4 Å². The van der Waals surface area contributed by atoms with E-state index in [-0.39, 0.29) is 23.9 Å². The number of benzene rings is 2. The molecule has 170 valence electrons. The van der Waals surface area contributed by atoms with Crippen molar-refractivity contribution in [3.05, 3.63) is 58.9 Å². The Labute approximate surface area is 191 Å². The van der Waals surface area contributed by atoms with Crippen LogP contribution in [0.4, 0.5) is 19.7 Å². The number of carbonyl (C=O) groups excluding carboxylic acids is 2. The molecule has 4 amide bonds. The average molecular weight is 461 g/mol. The summed E-state index contributed by atoms with van der Waals surface area (Å²) >= 11 is 6.04. The van der Waals surface area contributed by atoms with Crippen molar-refractivity contribution in [2.75, 3.05) is 38.6 Å². The Bertz CT molecular complexity index is 980. The lowest BCUT2D eigenvalue weighted by molar-refractivity contribution is 0.139. The predicted octanol–water partition coefficient (Wildman–Crippen LogP) is 4.42. The summed E-state index contributed by atoms with van der Waals surface area (Å²) in [6, 6.07) is 11.2. The molecule has 0 radical (unpaired) electrons. The standard InChI is InChI=1S/C23H26ClFN4O3/c1-32-21-7-4-17(24)14-20(21)26-22(30)27-10-8-19(9-11-27)29-13-12-28(23(29)31)15-16-2-5-18(25)6-3-16/h2-7,14,19H,8-13,15H2,1H3,(H,26,30). The highest BCUT2D eigenvalue weighted by Crippen LogP contribution is 2.29. The van der Waals surface area contributed by atoms with E-state index in [2.05, 4.69) is 5.32 Å². The predicted molar refractivity (Wildman–Crippen MR) is 121 cm³/mol. The van der Waals surface area contributed by atoms with Gasteiger partial charge in [0.1, 0.15) is 11.6 Å². The molecule has 2 aromatic rings. The van der Waals surface area contributed by atoms with Crippen molar-refractivity contribution in [3.8, 4) is 5.75 Å². The molecular formula is C23H26ClFN4O3. The Kier molecular flexibility index (Phi) is 6.69. The summed E-state index contributed by atoms with van der Waals surface area (Å²) in [6.45, 7) is 2.89. The van der Waals surface area contributed by atoms with Crippen LogP contribution in [0.3, 0.4) is 0 Å². The fourth-order valence-corrected chi connectivity index (χ4v) is 4.42. The van der Waals surface area contributed by atoms with E-state index in [1.807, 2.05) is 4.90 Å². The van der Waals surface area contributed by atoms with Crippen molar-refractivity contribution in [2.45, 2.75) is 25.4 Å². The van der Waals surface area contributed by atoms with Crippen LogP contribution in [0.1, 0.15) is 18.4 Å². The second kappa shape index (κ2) is 9.65. The van der Waals surface area contributed by atoms with Crippen LogP contribution in [0.2, 0.25) is 5.02 Å². The van der Waals surface area contributed by atoms with Gasteiger partial charge in [0.15, 0.2) is 0 Å². The molecule has 2 aromatic carbocycles. The van der Waals surface area contributed by atoms with Crippen LogP contribution in [0.25, 0.3) is 0 Å². The number of rotatable bonds is 5. The maximum absolute atomic E-state index is 13.1. The molecule has 0 unspecified atom stereocenters.